The van der Waals surface area contributed by atoms with Gasteiger partial charge in [0, 0.05) is 23.9 Å². The highest BCUT2D eigenvalue weighted by Crippen LogP contribution is 2.35. The fourth-order valence-corrected chi connectivity index (χ4v) is 4.14. The Morgan fingerprint density at radius 1 is 1.32 bits per heavy atom. The van der Waals surface area contributed by atoms with Gasteiger partial charge in [0.2, 0.25) is 0 Å². The standard InChI is InChI=1S/C16H26N2S/c1-4-15(11-19-3)18(2)16(12-17)9-13-7-5-6-8-14(13)10-16/h5-8,15H,4,9-12,17H2,1-3H3. The Bertz CT molecular complexity index is 394. The Labute approximate surface area is 121 Å². The van der Waals surface area contributed by atoms with Gasteiger partial charge in [-0.15, -0.1) is 0 Å². The average Bonchev–Trinajstić information content (AvgIpc) is 2.84. The molecule has 0 heterocycles. The van der Waals surface area contributed by atoms with E-state index in [1.54, 1.807) is 0 Å². The smallest absolute Gasteiger partial charge is 0.0412 e. The lowest BCUT2D eigenvalue weighted by Crippen LogP contribution is -2.57. The molecule has 2 nitrogen and oxygen atoms in total. The highest BCUT2D eigenvalue weighted by Gasteiger charge is 2.41. The number of nitrogens with two attached hydrogens (primary N) is 1. The lowest BCUT2D eigenvalue weighted by atomic mass is 9.92. The topological polar surface area (TPSA) is 29.3 Å². The van der Waals surface area contributed by atoms with Crippen LogP contribution in [0.25, 0.3) is 0 Å². The molecule has 0 radical (unpaired) electrons. The van der Waals surface area contributed by atoms with Gasteiger partial charge in [0.1, 0.15) is 0 Å². The molecule has 1 aromatic carbocycles. The molecule has 1 unspecified atom stereocenters. The first kappa shape index (κ1) is 14.9. The van der Waals surface area contributed by atoms with Crippen molar-refractivity contribution in [3.05, 3.63) is 35.4 Å². The van der Waals surface area contributed by atoms with E-state index in [2.05, 4.69) is 49.4 Å². The first-order valence-corrected chi connectivity index (χ1v) is 8.55. The number of thioether (sulfide) groups is 1. The first-order valence-electron chi connectivity index (χ1n) is 7.15. The Morgan fingerprint density at radius 3 is 2.32 bits per heavy atom. The molecule has 3 heteroatoms. The van der Waals surface area contributed by atoms with Crippen LogP contribution in [0.1, 0.15) is 24.5 Å². The summed E-state index contributed by atoms with van der Waals surface area (Å²) in [7, 11) is 2.27. The van der Waals surface area contributed by atoms with Crippen molar-refractivity contribution in [1.82, 2.24) is 4.90 Å². The second-order valence-corrected chi connectivity index (χ2v) is 6.59. The summed E-state index contributed by atoms with van der Waals surface area (Å²) >= 11 is 1.93. The average molecular weight is 278 g/mol. The molecule has 106 valence electrons. The maximum atomic E-state index is 6.19. The van der Waals surface area contributed by atoms with Gasteiger partial charge in [-0.3, -0.25) is 4.90 Å². The van der Waals surface area contributed by atoms with Gasteiger partial charge in [-0.2, -0.15) is 11.8 Å². The summed E-state index contributed by atoms with van der Waals surface area (Å²) in [6, 6.07) is 9.43. The third kappa shape index (κ3) is 2.83. The number of rotatable bonds is 6. The predicted octanol–water partition coefficient (Wildman–Crippen LogP) is 2.56. The van der Waals surface area contributed by atoms with Crippen molar-refractivity contribution in [2.24, 2.45) is 5.73 Å². The lowest BCUT2D eigenvalue weighted by molar-refractivity contribution is 0.0929. The number of hydrogen-bond donors (Lipinski definition) is 1. The summed E-state index contributed by atoms with van der Waals surface area (Å²) in [5.41, 5.74) is 9.28. The number of likely N-dealkylation sites (N-methyl/N-ethyl adjacent to an activating group) is 1. The molecular weight excluding hydrogens is 252 g/mol. The molecule has 1 aromatic rings. The summed E-state index contributed by atoms with van der Waals surface area (Å²) < 4.78 is 0. The second-order valence-electron chi connectivity index (χ2n) is 5.68. The van der Waals surface area contributed by atoms with Crippen molar-refractivity contribution in [3.8, 4) is 0 Å². The van der Waals surface area contributed by atoms with Crippen LogP contribution in [-0.4, -0.2) is 42.1 Å². The van der Waals surface area contributed by atoms with Crippen LogP contribution in [0.5, 0.6) is 0 Å². The van der Waals surface area contributed by atoms with Crippen molar-refractivity contribution in [2.75, 3.05) is 25.6 Å². The molecule has 0 saturated heterocycles. The first-order chi connectivity index (χ1) is 9.16. The number of nitrogens with zero attached hydrogens (tertiary/aromatic N) is 1. The van der Waals surface area contributed by atoms with E-state index in [0.29, 0.717) is 6.04 Å². The molecule has 2 rings (SSSR count). The second kappa shape index (κ2) is 6.29. The minimum absolute atomic E-state index is 0.125. The molecule has 0 spiro atoms. The van der Waals surface area contributed by atoms with E-state index in [-0.39, 0.29) is 5.54 Å². The van der Waals surface area contributed by atoms with Gasteiger partial charge in [-0.05, 0) is 43.7 Å². The van der Waals surface area contributed by atoms with Crippen molar-refractivity contribution >= 4 is 11.8 Å². The Kier molecular flexibility index (Phi) is 4.93. The third-order valence-corrected chi connectivity index (χ3v) is 5.38. The molecule has 1 aliphatic rings. The highest BCUT2D eigenvalue weighted by atomic mass is 32.2. The van der Waals surface area contributed by atoms with Crippen molar-refractivity contribution in [1.29, 1.82) is 0 Å². The molecule has 1 atom stereocenters. The molecule has 2 N–H and O–H groups in total. The van der Waals surface area contributed by atoms with Gasteiger partial charge < -0.3 is 5.73 Å². The summed E-state index contributed by atoms with van der Waals surface area (Å²) in [5, 5.41) is 0. The fourth-order valence-electron chi connectivity index (χ4n) is 3.29. The van der Waals surface area contributed by atoms with Gasteiger partial charge in [-0.25, -0.2) is 0 Å². The molecule has 0 amide bonds. The molecule has 0 saturated carbocycles. The van der Waals surface area contributed by atoms with E-state index < -0.39 is 0 Å². The summed E-state index contributed by atoms with van der Waals surface area (Å²) in [5.74, 6) is 1.19. The van der Waals surface area contributed by atoms with E-state index in [9.17, 15) is 0 Å². The largest absolute Gasteiger partial charge is 0.329 e. The van der Waals surface area contributed by atoms with E-state index in [0.717, 1.165) is 19.4 Å². The van der Waals surface area contributed by atoms with E-state index in [1.807, 2.05) is 11.8 Å². The molecule has 19 heavy (non-hydrogen) atoms. The molecule has 0 aliphatic heterocycles. The maximum Gasteiger partial charge on any atom is 0.0412 e. The minimum Gasteiger partial charge on any atom is -0.329 e. The predicted molar refractivity (Wildman–Crippen MR) is 85.9 cm³/mol. The van der Waals surface area contributed by atoms with E-state index in [4.69, 9.17) is 5.73 Å². The van der Waals surface area contributed by atoms with Crippen LogP contribution in [0.15, 0.2) is 24.3 Å². The number of hydrogen-bond acceptors (Lipinski definition) is 3. The molecule has 1 aliphatic carbocycles. The number of fused-ring (bicyclic) bond motifs is 1. The van der Waals surface area contributed by atoms with Gasteiger partial charge in [-0.1, -0.05) is 31.2 Å². The van der Waals surface area contributed by atoms with E-state index >= 15 is 0 Å². The van der Waals surface area contributed by atoms with Crippen LogP contribution in [-0.2, 0) is 12.8 Å². The van der Waals surface area contributed by atoms with Gasteiger partial charge >= 0.3 is 0 Å². The zero-order valence-corrected chi connectivity index (χ0v) is 13.2. The monoisotopic (exact) mass is 278 g/mol. The molecule has 0 aromatic heterocycles. The van der Waals surface area contributed by atoms with Crippen LogP contribution in [0, 0.1) is 0 Å². The molecule has 0 bridgehead atoms. The summed E-state index contributed by atoms with van der Waals surface area (Å²) in [6.45, 7) is 3.02. The van der Waals surface area contributed by atoms with Crippen LogP contribution >= 0.6 is 11.8 Å². The van der Waals surface area contributed by atoms with Crippen LogP contribution < -0.4 is 5.73 Å². The summed E-state index contributed by atoms with van der Waals surface area (Å²) in [4.78, 5) is 2.56. The zero-order chi connectivity index (χ0) is 13.9. The highest BCUT2D eigenvalue weighted by molar-refractivity contribution is 7.98. The normalized spacial score (nSPS) is 18.6. The maximum absolute atomic E-state index is 6.19. The minimum atomic E-state index is 0.125. The molecular formula is C16H26N2S. The number of benzene rings is 1. The van der Waals surface area contributed by atoms with Crippen molar-refractivity contribution in [3.63, 3.8) is 0 Å². The Morgan fingerprint density at radius 2 is 1.89 bits per heavy atom. The van der Waals surface area contributed by atoms with E-state index in [1.165, 1.54) is 23.3 Å². The summed E-state index contributed by atoms with van der Waals surface area (Å²) in [6.07, 6.45) is 5.58. The van der Waals surface area contributed by atoms with Crippen LogP contribution in [0.3, 0.4) is 0 Å². The Balaban J connectivity index is 2.21. The van der Waals surface area contributed by atoms with Gasteiger partial charge in [0.25, 0.3) is 0 Å². The third-order valence-electron chi connectivity index (χ3n) is 4.66. The van der Waals surface area contributed by atoms with Gasteiger partial charge in [0.15, 0.2) is 0 Å². The quantitative estimate of drug-likeness (QED) is 0.867. The van der Waals surface area contributed by atoms with Gasteiger partial charge in [0.05, 0.1) is 0 Å². The fraction of sp³-hybridized carbons (Fsp3) is 0.625. The lowest BCUT2D eigenvalue weighted by Gasteiger charge is -2.43. The SMILES string of the molecule is CCC(CSC)N(C)C1(CN)Cc2ccccc2C1. The van der Waals surface area contributed by atoms with Crippen molar-refractivity contribution in [2.45, 2.75) is 37.8 Å². The van der Waals surface area contributed by atoms with Crippen LogP contribution in [0.2, 0.25) is 0 Å². The molecule has 0 fully saturated rings. The van der Waals surface area contributed by atoms with Crippen molar-refractivity contribution < 1.29 is 0 Å². The Hall–Kier alpha value is -0.510. The zero-order valence-electron chi connectivity index (χ0n) is 12.4. The van der Waals surface area contributed by atoms with Crippen LogP contribution in [0.4, 0.5) is 0 Å².